The molecule has 0 spiro atoms. The summed E-state index contributed by atoms with van der Waals surface area (Å²) < 4.78 is 38.0. The number of carbonyl (C=O) groups is 2. The third kappa shape index (κ3) is 5.81. The van der Waals surface area contributed by atoms with Crippen LogP contribution in [0.15, 0.2) is 83.8 Å². The lowest BCUT2D eigenvalue weighted by atomic mass is 10.1. The molecule has 0 radical (unpaired) electrons. The maximum absolute atomic E-state index is 13.0. The van der Waals surface area contributed by atoms with Crippen molar-refractivity contribution in [3.8, 4) is 5.75 Å². The summed E-state index contributed by atoms with van der Waals surface area (Å²) in [6.45, 7) is 0. The van der Waals surface area contributed by atoms with E-state index in [0.717, 1.165) is 12.8 Å². The number of rotatable bonds is 9. The second-order valence-corrected chi connectivity index (χ2v) is 9.55. The zero-order valence-electron chi connectivity index (χ0n) is 18.4. The van der Waals surface area contributed by atoms with Gasteiger partial charge in [-0.1, -0.05) is 30.3 Å². The Morgan fingerprint density at radius 3 is 2.15 bits per heavy atom. The first-order valence-corrected chi connectivity index (χ1v) is 12.2. The average Bonchev–Trinajstić information content (AvgIpc) is 3.66. The molecule has 1 atom stereocenters. The first-order valence-electron chi connectivity index (χ1n) is 10.7. The number of hydrogen-bond acceptors (Lipinski definition) is 6. The minimum atomic E-state index is -3.63. The minimum Gasteiger partial charge on any atom is -0.497 e. The number of ether oxygens (including phenoxy) is 2. The molecule has 1 aliphatic carbocycles. The van der Waals surface area contributed by atoms with Crippen molar-refractivity contribution in [3.05, 3.63) is 90.0 Å². The quantitative estimate of drug-likeness (QED) is 0.452. The molecule has 0 heterocycles. The van der Waals surface area contributed by atoms with Gasteiger partial charge in [0.25, 0.3) is 5.91 Å². The Morgan fingerprint density at radius 2 is 1.56 bits per heavy atom. The van der Waals surface area contributed by atoms with Crippen molar-refractivity contribution in [1.29, 1.82) is 0 Å². The van der Waals surface area contributed by atoms with Crippen molar-refractivity contribution in [2.45, 2.75) is 29.9 Å². The van der Waals surface area contributed by atoms with Crippen LogP contribution in [0.3, 0.4) is 0 Å². The highest BCUT2D eigenvalue weighted by Crippen LogP contribution is 2.24. The lowest BCUT2D eigenvalue weighted by Gasteiger charge is -2.18. The van der Waals surface area contributed by atoms with Gasteiger partial charge in [0.05, 0.1) is 17.6 Å². The Morgan fingerprint density at radius 1 is 0.912 bits per heavy atom. The summed E-state index contributed by atoms with van der Waals surface area (Å²) in [7, 11) is -2.09. The number of methoxy groups -OCH3 is 1. The van der Waals surface area contributed by atoms with E-state index in [9.17, 15) is 18.0 Å². The Bertz CT molecular complexity index is 1260. The van der Waals surface area contributed by atoms with Gasteiger partial charge in [-0.05, 0) is 61.4 Å². The number of nitrogens with one attached hydrogen (secondary N) is 2. The summed E-state index contributed by atoms with van der Waals surface area (Å²) in [5.41, 5.74) is 1.14. The van der Waals surface area contributed by atoms with E-state index in [1.807, 2.05) is 0 Å². The van der Waals surface area contributed by atoms with Crippen molar-refractivity contribution in [1.82, 2.24) is 4.72 Å². The second kappa shape index (κ2) is 10.1. The van der Waals surface area contributed by atoms with Crippen LogP contribution < -0.4 is 14.8 Å². The highest BCUT2D eigenvalue weighted by atomic mass is 32.2. The van der Waals surface area contributed by atoms with Crippen LogP contribution in [0.25, 0.3) is 0 Å². The highest BCUT2D eigenvalue weighted by molar-refractivity contribution is 7.89. The minimum absolute atomic E-state index is 0.0227. The molecule has 1 unspecified atom stereocenters. The van der Waals surface area contributed by atoms with Gasteiger partial charge in [0.1, 0.15) is 5.75 Å². The van der Waals surface area contributed by atoms with Gasteiger partial charge in [-0.15, -0.1) is 0 Å². The predicted octanol–water partition coefficient (Wildman–Crippen LogP) is 3.67. The number of benzene rings is 3. The Kier molecular flexibility index (Phi) is 6.95. The van der Waals surface area contributed by atoms with Crippen molar-refractivity contribution >= 4 is 27.6 Å². The van der Waals surface area contributed by atoms with E-state index >= 15 is 0 Å². The maximum atomic E-state index is 13.0. The van der Waals surface area contributed by atoms with E-state index in [-0.39, 0.29) is 16.5 Å². The van der Waals surface area contributed by atoms with Crippen LogP contribution in [0.1, 0.15) is 34.9 Å². The normalized spacial score (nSPS) is 14.1. The molecule has 3 aromatic rings. The summed E-state index contributed by atoms with van der Waals surface area (Å²) in [6.07, 6.45) is 0.433. The summed E-state index contributed by atoms with van der Waals surface area (Å²) in [4.78, 5) is 25.9. The van der Waals surface area contributed by atoms with Gasteiger partial charge in [0, 0.05) is 17.3 Å². The fraction of sp³-hybridized carbons (Fsp3) is 0.200. The molecule has 1 aliphatic rings. The number of carbonyl (C=O) groups excluding carboxylic acids is 2. The van der Waals surface area contributed by atoms with Gasteiger partial charge in [0.2, 0.25) is 16.1 Å². The zero-order valence-corrected chi connectivity index (χ0v) is 19.2. The molecule has 0 bridgehead atoms. The van der Waals surface area contributed by atoms with Crippen LogP contribution in [0, 0.1) is 0 Å². The molecule has 1 saturated carbocycles. The van der Waals surface area contributed by atoms with Crippen LogP contribution in [0.4, 0.5) is 5.69 Å². The van der Waals surface area contributed by atoms with Crippen LogP contribution in [-0.2, 0) is 19.6 Å². The molecule has 34 heavy (non-hydrogen) atoms. The van der Waals surface area contributed by atoms with E-state index in [1.54, 1.807) is 61.7 Å². The van der Waals surface area contributed by atoms with E-state index in [4.69, 9.17) is 9.47 Å². The SMILES string of the molecule is COc1ccc(NC(=O)C(OC(=O)c2ccc(S(=O)(=O)NC3CC3)cc2)c2ccccc2)cc1. The first-order chi connectivity index (χ1) is 16.4. The third-order valence-electron chi connectivity index (χ3n) is 5.22. The van der Waals surface area contributed by atoms with Gasteiger partial charge in [0.15, 0.2) is 0 Å². The summed E-state index contributed by atoms with van der Waals surface area (Å²) in [5.74, 6) is -0.641. The van der Waals surface area contributed by atoms with Crippen molar-refractivity contribution in [2.24, 2.45) is 0 Å². The maximum Gasteiger partial charge on any atom is 0.339 e. The molecule has 1 amide bonds. The molecule has 1 fully saturated rings. The van der Waals surface area contributed by atoms with Crippen LogP contribution in [0.2, 0.25) is 0 Å². The monoisotopic (exact) mass is 480 g/mol. The molecule has 3 aromatic carbocycles. The second-order valence-electron chi connectivity index (χ2n) is 7.83. The molecule has 9 heteroatoms. The number of amides is 1. The lowest BCUT2D eigenvalue weighted by Crippen LogP contribution is -2.26. The smallest absolute Gasteiger partial charge is 0.339 e. The Labute approximate surface area is 198 Å². The average molecular weight is 481 g/mol. The largest absolute Gasteiger partial charge is 0.497 e. The standard InChI is InChI=1S/C25H24N2O6S/c1-32-21-13-11-19(12-14-21)26-24(28)23(17-5-3-2-4-6-17)33-25(29)18-7-15-22(16-8-18)34(30,31)27-20-9-10-20/h2-8,11-16,20,23,27H,9-10H2,1H3,(H,26,28). The van der Waals surface area contributed by atoms with Crippen molar-refractivity contribution in [2.75, 3.05) is 12.4 Å². The van der Waals surface area contributed by atoms with E-state index in [1.165, 1.54) is 24.3 Å². The molecule has 8 nitrogen and oxygen atoms in total. The van der Waals surface area contributed by atoms with Crippen molar-refractivity contribution in [3.63, 3.8) is 0 Å². The molecule has 176 valence electrons. The van der Waals surface area contributed by atoms with Gasteiger partial charge in [-0.2, -0.15) is 0 Å². The number of anilines is 1. The predicted molar refractivity (Wildman–Crippen MR) is 126 cm³/mol. The third-order valence-corrected chi connectivity index (χ3v) is 6.76. The fourth-order valence-corrected chi connectivity index (χ4v) is 4.52. The molecule has 0 aliphatic heterocycles. The van der Waals surface area contributed by atoms with Crippen LogP contribution >= 0.6 is 0 Å². The van der Waals surface area contributed by atoms with E-state index in [0.29, 0.717) is 17.0 Å². The molecule has 0 aromatic heterocycles. The van der Waals surface area contributed by atoms with Gasteiger partial charge < -0.3 is 14.8 Å². The van der Waals surface area contributed by atoms with E-state index < -0.39 is 28.0 Å². The lowest BCUT2D eigenvalue weighted by molar-refractivity contribution is -0.125. The van der Waals surface area contributed by atoms with E-state index in [2.05, 4.69) is 10.0 Å². The van der Waals surface area contributed by atoms with Gasteiger partial charge in [-0.25, -0.2) is 17.9 Å². The summed E-state index contributed by atoms with van der Waals surface area (Å²) >= 11 is 0. The zero-order chi connectivity index (χ0) is 24.1. The number of hydrogen-bond donors (Lipinski definition) is 2. The van der Waals surface area contributed by atoms with Crippen molar-refractivity contribution < 1.29 is 27.5 Å². The number of esters is 1. The molecular formula is C25H24N2O6S. The Hall–Kier alpha value is -3.69. The number of sulfonamides is 1. The van der Waals surface area contributed by atoms with Gasteiger partial charge in [-0.3, -0.25) is 4.79 Å². The summed E-state index contributed by atoms with van der Waals surface area (Å²) in [5, 5.41) is 2.74. The highest BCUT2D eigenvalue weighted by Gasteiger charge is 2.29. The van der Waals surface area contributed by atoms with Crippen LogP contribution in [0.5, 0.6) is 5.75 Å². The van der Waals surface area contributed by atoms with Crippen LogP contribution in [-0.4, -0.2) is 33.4 Å². The molecule has 2 N–H and O–H groups in total. The molecule has 0 saturated heterocycles. The van der Waals surface area contributed by atoms with Gasteiger partial charge >= 0.3 is 5.97 Å². The summed E-state index contributed by atoms with van der Waals surface area (Å²) in [6, 6.07) is 20.8. The fourth-order valence-electron chi connectivity index (χ4n) is 3.22. The first kappa shape index (κ1) is 23.5. The molecule has 4 rings (SSSR count). The topological polar surface area (TPSA) is 111 Å². The molecular weight excluding hydrogens is 456 g/mol. The Balaban J connectivity index is 1.50.